The third kappa shape index (κ3) is 4.94. The number of hydrogen-bond donors (Lipinski definition) is 3. The van der Waals surface area contributed by atoms with Crippen molar-refractivity contribution in [1.82, 2.24) is 15.5 Å². The summed E-state index contributed by atoms with van der Waals surface area (Å²) in [5, 5.41) is 11.2. The van der Waals surface area contributed by atoms with Gasteiger partial charge in [-0.3, -0.25) is 25.3 Å². The van der Waals surface area contributed by atoms with Crippen molar-refractivity contribution in [2.24, 2.45) is 0 Å². The molecule has 1 heterocycles. The van der Waals surface area contributed by atoms with Gasteiger partial charge in [-0.15, -0.1) is 5.10 Å². The Hall–Kier alpha value is -3.95. The van der Waals surface area contributed by atoms with Crippen LogP contribution in [-0.2, 0) is 0 Å². The van der Waals surface area contributed by atoms with E-state index in [0.29, 0.717) is 26.2 Å². The van der Waals surface area contributed by atoms with E-state index in [0.717, 1.165) is 11.3 Å². The maximum atomic E-state index is 12.6. The number of benzene rings is 3. The van der Waals surface area contributed by atoms with Crippen LogP contribution in [0.15, 0.2) is 72.8 Å². The highest BCUT2D eigenvalue weighted by Gasteiger charge is 2.30. The maximum Gasteiger partial charge on any atom is 0.328 e. The number of urea groups is 1. The number of aromatic amines is 1. The Bertz CT molecular complexity index is 1410. The van der Waals surface area contributed by atoms with Gasteiger partial charge in [0.15, 0.2) is 9.74 Å². The Morgan fingerprint density at radius 1 is 0.909 bits per heavy atom. The molecule has 0 unspecified atom stereocenters. The molecule has 0 spiro atoms. The molecule has 0 radical (unpaired) electrons. The van der Waals surface area contributed by atoms with Crippen LogP contribution in [0, 0.1) is 10.9 Å². The molecule has 164 valence electrons. The van der Waals surface area contributed by atoms with Gasteiger partial charge in [0.2, 0.25) is 5.13 Å². The molecule has 4 aromatic rings. The molecular formula is C24H18N4O3S2. The topological polar surface area (TPSA) is 104 Å². The summed E-state index contributed by atoms with van der Waals surface area (Å²) in [4.78, 5) is 37.1. The number of carbonyl (C=O) groups excluding carboxylic acids is 3. The van der Waals surface area contributed by atoms with Crippen LogP contribution in [-0.4, -0.2) is 27.9 Å². The second-order valence-electron chi connectivity index (χ2n) is 7.08. The lowest BCUT2D eigenvalue weighted by atomic mass is 9.99. The van der Waals surface area contributed by atoms with Crippen LogP contribution in [0.5, 0.6) is 0 Å². The number of H-pyrrole nitrogens is 1. The third-order valence-corrected chi connectivity index (χ3v) is 5.83. The van der Waals surface area contributed by atoms with Gasteiger partial charge in [-0.1, -0.05) is 83.6 Å². The number of ketones is 1. The molecular weight excluding hydrogens is 456 g/mol. The highest BCUT2D eigenvalue weighted by molar-refractivity contribution is 7.73. The number of hydrogen-bond acceptors (Lipinski definition) is 6. The maximum absolute atomic E-state index is 12.6. The van der Waals surface area contributed by atoms with Crippen molar-refractivity contribution in [2.45, 2.75) is 6.92 Å². The van der Waals surface area contributed by atoms with Crippen LogP contribution in [0.4, 0.5) is 9.93 Å². The number of nitrogens with one attached hydrogen (secondary N) is 3. The zero-order chi connectivity index (χ0) is 23.4. The number of imide groups is 1. The number of amides is 3. The number of anilines is 1. The molecule has 1 aliphatic rings. The van der Waals surface area contributed by atoms with Crippen molar-refractivity contribution in [1.29, 1.82) is 0 Å². The Labute approximate surface area is 198 Å². The predicted octanol–water partition coefficient (Wildman–Crippen LogP) is 5.37. The van der Waals surface area contributed by atoms with Crippen molar-refractivity contribution in [3.63, 3.8) is 0 Å². The van der Waals surface area contributed by atoms with Gasteiger partial charge in [0.05, 0.1) is 0 Å². The molecule has 0 bridgehead atoms. The van der Waals surface area contributed by atoms with Gasteiger partial charge < -0.3 is 0 Å². The highest BCUT2D eigenvalue weighted by atomic mass is 32.1. The predicted molar refractivity (Wildman–Crippen MR) is 130 cm³/mol. The first kappa shape index (κ1) is 22.3. The van der Waals surface area contributed by atoms with Crippen molar-refractivity contribution in [3.8, 4) is 11.1 Å². The molecule has 7 nitrogen and oxygen atoms in total. The van der Waals surface area contributed by atoms with Crippen LogP contribution in [0.1, 0.15) is 31.8 Å². The molecule has 0 saturated heterocycles. The molecule has 1 aromatic heterocycles. The van der Waals surface area contributed by atoms with Gasteiger partial charge in [-0.25, -0.2) is 4.79 Å². The van der Waals surface area contributed by atoms with E-state index >= 15 is 0 Å². The average molecular weight is 475 g/mol. The Morgan fingerprint density at radius 2 is 1.58 bits per heavy atom. The minimum absolute atomic E-state index is 0.133. The monoisotopic (exact) mass is 474 g/mol. The van der Waals surface area contributed by atoms with E-state index in [1.807, 2.05) is 18.2 Å². The standard InChI is InChI=1S/C17H10N4O3S2.C7H8/c22-13-9-5-2-1-4-8(9)12-10(13)6-3-7-11(12)14(23)18-15(24)19-16-20-21-17(25)26-16;1-7-5-3-2-4-6-7/h1-7H,(H,21,25)(H2,18,19,20,23,24);2-6H,1H3. The Morgan fingerprint density at radius 3 is 2.21 bits per heavy atom. The summed E-state index contributed by atoms with van der Waals surface area (Å²) >= 11 is 5.95. The molecule has 0 atom stereocenters. The fourth-order valence-electron chi connectivity index (χ4n) is 3.38. The van der Waals surface area contributed by atoms with Crippen molar-refractivity contribution in [3.05, 3.63) is 99.0 Å². The van der Waals surface area contributed by atoms with E-state index in [2.05, 4.69) is 39.9 Å². The number of carbonyl (C=O) groups is 3. The SMILES string of the molecule is Cc1ccccc1.O=C(NC(=O)c1cccc2c1-c1ccccc1C2=O)Nc1n[nH]c(=S)s1. The van der Waals surface area contributed by atoms with Gasteiger partial charge in [-0.05, 0) is 30.8 Å². The molecule has 5 rings (SSSR count). The summed E-state index contributed by atoms with van der Waals surface area (Å²) in [6, 6.07) is 21.5. The number of aromatic nitrogens is 2. The molecule has 0 aliphatic heterocycles. The molecule has 9 heteroatoms. The fourth-order valence-corrected chi connectivity index (χ4v) is 4.17. The van der Waals surface area contributed by atoms with Gasteiger partial charge in [0.25, 0.3) is 5.91 Å². The molecule has 3 amide bonds. The molecule has 0 fully saturated rings. The van der Waals surface area contributed by atoms with E-state index < -0.39 is 11.9 Å². The van der Waals surface area contributed by atoms with E-state index in [9.17, 15) is 14.4 Å². The summed E-state index contributed by atoms with van der Waals surface area (Å²) in [6.07, 6.45) is 0. The van der Waals surface area contributed by atoms with Gasteiger partial charge in [-0.2, -0.15) is 0 Å². The van der Waals surface area contributed by atoms with Gasteiger partial charge in [0, 0.05) is 22.3 Å². The fraction of sp³-hybridized carbons (Fsp3) is 0.0417. The minimum Gasteiger partial charge on any atom is -0.289 e. The van der Waals surface area contributed by atoms with Crippen LogP contribution < -0.4 is 10.6 Å². The minimum atomic E-state index is -0.733. The number of nitrogens with zero attached hydrogens (tertiary/aromatic N) is 1. The first-order valence-corrected chi connectivity index (χ1v) is 11.1. The number of aryl methyl sites for hydroxylation is 1. The second-order valence-corrected chi connectivity index (χ2v) is 8.75. The zero-order valence-corrected chi connectivity index (χ0v) is 19.0. The lowest BCUT2D eigenvalue weighted by molar-refractivity contribution is 0.0967. The van der Waals surface area contributed by atoms with Gasteiger partial charge in [0.1, 0.15) is 0 Å². The Balaban J connectivity index is 0.000000318. The first-order valence-electron chi connectivity index (χ1n) is 9.90. The lowest BCUT2D eigenvalue weighted by Crippen LogP contribution is -2.34. The Kier molecular flexibility index (Phi) is 6.53. The van der Waals surface area contributed by atoms with Crippen LogP contribution in [0.2, 0.25) is 0 Å². The average Bonchev–Trinajstić information content (AvgIpc) is 3.35. The van der Waals surface area contributed by atoms with Gasteiger partial charge >= 0.3 is 6.03 Å². The normalized spacial score (nSPS) is 11.0. The van der Waals surface area contributed by atoms with Crippen molar-refractivity contribution in [2.75, 3.05) is 5.32 Å². The quantitative estimate of drug-likeness (QED) is 0.299. The van der Waals surface area contributed by atoms with E-state index in [1.54, 1.807) is 42.5 Å². The zero-order valence-electron chi connectivity index (χ0n) is 17.4. The summed E-state index contributed by atoms with van der Waals surface area (Å²) in [5.41, 5.74) is 3.79. The molecule has 1 aliphatic carbocycles. The highest BCUT2D eigenvalue weighted by Crippen LogP contribution is 2.38. The summed E-state index contributed by atoms with van der Waals surface area (Å²) in [7, 11) is 0. The largest absolute Gasteiger partial charge is 0.328 e. The molecule has 3 N–H and O–H groups in total. The van der Waals surface area contributed by atoms with Crippen molar-refractivity contribution < 1.29 is 14.4 Å². The van der Waals surface area contributed by atoms with E-state index in [-0.39, 0.29) is 16.5 Å². The molecule has 3 aromatic carbocycles. The van der Waals surface area contributed by atoms with Crippen LogP contribution >= 0.6 is 23.6 Å². The summed E-state index contributed by atoms with van der Waals surface area (Å²) in [6.45, 7) is 2.08. The summed E-state index contributed by atoms with van der Waals surface area (Å²) < 4.78 is 0.405. The first-order chi connectivity index (χ1) is 15.9. The summed E-state index contributed by atoms with van der Waals surface area (Å²) in [5.74, 6) is -0.742. The second kappa shape index (κ2) is 9.68. The van der Waals surface area contributed by atoms with Crippen LogP contribution in [0.25, 0.3) is 11.1 Å². The van der Waals surface area contributed by atoms with E-state index in [4.69, 9.17) is 12.2 Å². The third-order valence-electron chi connectivity index (χ3n) is 4.82. The molecule has 33 heavy (non-hydrogen) atoms. The van der Waals surface area contributed by atoms with Crippen LogP contribution in [0.3, 0.4) is 0 Å². The molecule has 0 saturated carbocycles. The van der Waals surface area contributed by atoms with E-state index in [1.165, 1.54) is 5.56 Å². The number of rotatable bonds is 2. The number of fused-ring (bicyclic) bond motifs is 3. The lowest BCUT2D eigenvalue weighted by Gasteiger charge is -2.09. The smallest absolute Gasteiger partial charge is 0.289 e. The van der Waals surface area contributed by atoms with Crippen molar-refractivity contribution >= 4 is 46.4 Å².